The summed E-state index contributed by atoms with van der Waals surface area (Å²) >= 11 is 0. The molecule has 29 heavy (non-hydrogen) atoms. The van der Waals surface area contributed by atoms with Crippen molar-refractivity contribution in [1.29, 1.82) is 0 Å². The van der Waals surface area contributed by atoms with Crippen LogP contribution in [0.15, 0.2) is 36.4 Å². The van der Waals surface area contributed by atoms with E-state index in [9.17, 15) is 13.2 Å². The number of halogens is 3. The summed E-state index contributed by atoms with van der Waals surface area (Å²) in [7, 11) is 0. The number of benzene rings is 1. The zero-order valence-electron chi connectivity index (χ0n) is 15.9. The van der Waals surface area contributed by atoms with Gasteiger partial charge in [-0.15, -0.1) is 0 Å². The fraction of sp³-hybridized carbons (Fsp3) is 0.350. The molecule has 3 heterocycles. The van der Waals surface area contributed by atoms with E-state index < -0.39 is 11.7 Å². The van der Waals surface area contributed by atoms with Crippen LogP contribution < -0.4 is 10.2 Å². The summed E-state index contributed by atoms with van der Waals surface area (Å²) in [5, 5.41) is 9.92. The molecule has 0 unspecified atom stereocenters. The monoisotopic (exact) mass is 402 g/mol. The van der Waals surface area contributed by atoms with Gasteiger partial charge in [0.1, 0.15) is 5.82 Å². The van der Waals surface area contributed by atoms with E-state index in [2.05, 4.69) is 30.4 Å². The predicted octanol–water partition coefficient (Wildman–Crippen LogP) is 4.93. The molecule has 4 rings (SSSR count). The van der Waals surface area contributed by atoms with Crippen molar-refractivity contribution >= 4 is 17.6 Å². The van der Waals surface area contributed by atoms with Crippen molar-refractivity contribution in [2.45, 2.75) is 32.4 Å². The summed E-state index contributed by atoms with van der Waals surface area (Å²) in [6.45, 7) is 3.49. The molecule has 2 N–H and O–H groups in total. The molecule has 2 aromatic heterocycles. The Morgan fingerprint density at radius 3 is 2.48 bits per heavy atom. The molecule has 0 aliphatic carbocycles. The number of anilines is 3. The Labute approximate surface area is 166 Å². The van der Waals surface area contributed by atoms with Crippen LogP contribution in [0.2, 0.25) is 0 Å². The van der Waals surface area contributed by atoms with Gasteiger partial charge in [0, 0.05) is 36.5 Å². The summed E-state index contributed by atoms with van der Waals surface area (Å²) in [6.07, 6.45) is -1.28. The largest absolute Gasteiger partial charge is 0.417 e. The molecule has 0 atom stereocenters. The Kier molecular flexibility index (Phi) is 5.12. The molecule has 1 aliphatic rings. The molecule has 9 heteroatoms. The van der Waals surface area contributed by atoms with Gasteiger partial charge in [0.15, 0.2) is 5.82 Å². The third kappa shape index (κ3) is 4.33. The highest BCUT2D eigenvalue weighted by Gasteiger charge is 2.34. The molecule has 6 nitrogen and oxygen atoms in total. The van der Waals surface area contributed by atoms with Crippen LogP contribution in [0, 0.1) is 6.92 Å². The Morgan fingerprint density at radius 2 is 1.79 bits per heavy atom. The van der Waals surface area contributed by atoms with E-state index in [1.54, 1.807) is 18.2 Å². The second-order valence-electron chi connectivity index (χ2n) is 7.09. The lowest BCUT2D eigenvalue weighted by Crippen LogP contribution is -2.30. The molecule has 1 aromatic carbocycles. The lowest BCUT2D eigenvalue weighted by Gasteiger charge is -2.28. The number of rotatable bonds is 4. The van der Waals surface area contributed by atoms with Crippen LogP contribution >= 0.6 is 0 Å². The van der Waals surface area contributed by atoms with E-state index in [-0.39, 0.29) is 17.2 Å². The van der Waals surface area contributed by atoms with Gasteiger partial charge in [-0.2, -0.15) is 23.3 Å². The highest BCUT2D eigenvalue weighted by Crippen LogP contribution is 2.37. The molecule has 1 fully saturated rings. The molecular weight excluding hydrogens is 381 g/mol. The topological polar surface area (TPSA) is 69.7 Å². The number of hydrogen-bond acceptors (Lipinski definition) is 5. The SMILES string of the molecule is Cc1cc(Nc2nc(-c3ccccc3C(F)(F)F)cc(N3CCCCC3)n2)n[nH]1. The highest BCUT2D eigenvalue weighted by atomic mass is 19.4. The Balaban J connectivity index is 1.79. The van der Waals surface area contributed by atoms with Gasteiger partial charge in [-0.25, -0.2) is 4.98 Å². The minimum absolute atomic E-state index is 0.0296. The zero-order valence-corrected chi connectivity index (χ0v) is 15.9. The summed E-state index contributed by atoms with van der Waals surface area (Å²) in [6, 6.07) is 8.88. The first-order valence-corrected chi connectivity index (χ1v) is 9.50. The van der Waals surface area contributed by atoms with Gasteiger partial charge < -0.3 is 10.2 Å². The van der Waals surface area contributed by atoms with E-state index in [0.717, 1.165) is 44.1 Å². The van der Waals surface area contributed by atoms with Crippen LogP contribution in [-0.2, 0) is 6.18 Å². The number of aryl methyl sites for hydroxylation is 1. The normalized spacial score (nSPS) is 14.8. The van der Waals surface area contributed by atoms with E-state index in [1.807, 2.05) is 6.92 Å². The third-order valence-corrected chi connectivity index (χ3v) is 4.85. The summed E-state index contributed by atoms with van der Waals surface area (Å²) in [5.41, 5.74) is 0.386. The maximum Gasteiger partial charge on any atom is 0.417 e. The Morgan fingerprint density at radius 1 is 1.03 bits per heavy atom. The number of piperidine rings is 1. The lowest BCUT2D eigenvalue weighted by molar-refractivity contribution is -0.137. The second-order valence-corrected chi connectivity index (χ2v) is 7.09. The average Bonchev–Trinajstić information content (AvgIpc) is 3.12. The fourth-order valence-corrected chi connectivity index (χ4v) is 3.46. The zero-order chi connectivity index (χ0) is 20.4. The number of aromatic nitrogens is 4. The third-order valence-electron chi connectivity index (χ3n) is 4.85. The predicted molar refractivity (Wildman–Crippen MR) is 105 cm³/mol. The van der Waals surface area contributed by atoms with Gasteiger partial charge in [-0.3, -0.25) is 5.10 Å². The number of nitrogens with zero attached hydrogens (tertiary/aromatic N) is 4. The minimum Gasteiger partial charge on any atom is -0.356 e. The Bertz CT molecular complexity index is 992. The van der Waals surface area contributed by atoms with Gasteiger partial charge in [0.2, 0.25) is 5.95 Å². The first kappa shape index (κ1) is 19.2. The number of H-pyrrole nitrogens is 1. The van der Waals surface area contributed by atoms with Gasteiger partial charge in [-0.1, -0.05) is 18.2 Å². The molecule has 152 valence electrons. The van der Waals surface area contributed by atoms with Gasteiger partial charge >= 0.3 is 6.18 Å². The average molecular weight is 402 g/mol. The van der Waals surface area contributed by atoms with Gasteiger partial charge in [0.25, 0.3) is 0 Å². The van der Waals surface area contributed by atoms with E-state index >= 15 is 0 Å². The summed E-state index contributed by atoms with van der Waals surface area (Å²) < 4.78 is 40.7. The molecule has 3 aromatic rings. The summed E-state index contributed by atoms with van der Waals surface area (Å²) in [4.78, 5) is 11.0. The van der Waals surface area contributed by atoms with Gasteiger partial charge in [-0.05, 0) is 32.3 Å². The van der Waals surface area contributed by atoms with Crippen molar-refractivity contribution in [3.63, 3.8) is 0 Å². The highest BCUT2D eigenvalue weighted by molar-refractivity contribution is 5.69. The number of hydrogen-bond donors (Lipinski definition) is 2. The smallest absolute Gasteiger partial charge is 0.356 e. The second kappa shape index (κ2) is 7.73. The van der Waals surface area contributed by atoms with Crippen LogP contribution in [-0.4, -0.2) is 33.3 Å². The van der Waals surface area contributed by atoms with Crippen LogP contribution in [0.5, 0.6) is 0 Å². The fourth-order valence-electron chi connectivity index (χ4n) is 3.46. The first-order valence-electron chi connectivity index (χ1n) is 9.50. The summed E-state index contributed by atoms with van der Waals surface area (Å²) in [5.74, 6) is 1.33. The van der Waals surface area contributed by atoms with Crippen LogP contribution in [0.25, 0.3) is 11.3 Å². The maximum atomic E-state index is 13.6. The van der Waals surface area contributed by atoms with Crippen LogP contribution in [0.1, 0.15) is 30.5 Å². The molecular formula is C20H21F3N6. The van der Waals surface area contributed by atoms with E-state index in [0.29, 0.717) is 11.6 Å². The Hall–Kier alpha value is -3.10. The first-order chi connectivity index (χ1) is 13.9. The molecule has 1 aliphatic heterocycles. The maximum absolute atomic E-state index is 13.6. The number of nitrogens with one attached hydrogen (secondary N) is 2. The standard InChI is InChI=1S/C20H21F3N6/c1-13-11-17(28-27-13)25-19-24-16(12-18(26-19)29-9-5-2-6-10-29)14-7-3-4-8-15(14)20(21,22)23/h3-4,7-8,11-12H,2,5-6,9-10H2,1H3,(H2,24,25,26,27,28). The lowest BCUT2D eigenvalue weighted by atomic mass is 10.0. The van der Waals surface area contributed by atoms with Gasteiger partial charge in [0.05, 0.1) is 11.3 Å². The van der Waals surface area contributed by atoms with Crippen molar-refractivity contribution in [2.75, 3.05) is 23.3 Å². The van der Waals surface area contributed by atoms with E-state index in [4.69, 9.17) is 0 Å². The number of alkyl halides is 3. The van der Waals surface area contributed by atoms with Crippen molar-refractivity contribution in [1.82, 2.24) is 20.2 Å². The molecule has 0 bridgehead atoms. The van der Waals surface area contributed by atoms with Crippen LogP contribution in [0.4, 0.5) is 30.8 Å². The quantitative estimate of drug-likeness (QED) is 0.648. The van der Waals surface area contributed by atoms with Crippen molar-refractivity contribution in [3.8, 4) is 11.3 Å². The molecule has 0 radical (unpaired) electrons. The molecule has 0 amide bonds. The number of aromatic amines is 1. The van der Waals surface area contributed by atoms with Crippen molar-refractivity contribution in [2.24, 2.45) is 0 Å². The molecule has 0 spiro atoms. The minimum atomic E-state index is -4.47. The van der Waals surface area contributed by atoms with Crippen molar-refractivity contribution in [3.05, 3.63) is 47.7 Å². The van der Waals surface area contributed by atoms with Crippen LogP contribution in [0.3, 0.4) is 0 Å². The van der Waals surface area contributed by atoms with E-state index in [1.165, 1.54) is 12.1 Å². The molecule has 0 saturated carbocycles. The molecule has 1 saturated heterocycles. The van der Waals surface area contributed by atoms with Crippen molar-refractivity contribution < 1.29 is 13.2 Å².